The molecule has 1 N–H and O–H groups in total. The van der Waals surface area contributed by atoms with Crippen LogP contribution < -0.4 is 19.7 Å². The summed E-state index contributed by atoms with van der Waals surface area (Å²) in [5.74, 6) is 2.10. The van der Waals surface area contributed by atoms with Crippen LogP contribution in [0.2, 0.25) is 0 Å². The second-order valence-electron chi connectivity index (χ2n) is 6.24. The van der Waals surface area contributed by atoms with Crippen LogP contribution in [0.25, 0.3) is 0 Å². The summed E-state index contributed by atoms with van der Waals surface area (Å²) in [5, 5.41) is 2.90. The maximum atomic E-state index is 12.3. The van der Waals surface area contributed by atoms with Crippen molar-refractivity contribution in [1.29, 1.82) is 0 Å². The van der Waals surface area contributed by atoms with E-state index in [1.807, 2.05) is 6.07 Å². The van der Waals surface area contributed by atoms with Crippen molar-refractivity contribution in [2.24, 2.45) is 0 Å². The quantitative estimate of drug-likeness (QED) is 0.806. The number of amides is 1. The molecular formula is C20H25N3O4. The lowest BCUT2D eigenvalue weighted by atomic mass is 10.1. The number of hydrogen-bond acceptors (Lipinski definition) is 6. The van der Waals surface area contributed by atoms with Crippen molar-refractivity contribution >= 4 is 17.4 Å². The third-order valence-corrected chi connectivity index (χ3v) is 4.45. The maximum absolute atomic E-state index is 12.3. The van der Waals surface area contributed by atoms with Crippen LogP contribution in [0, 0.1) is 0 Å². The van der Waals surface area contributed by atoms with Gasteiger partial charge in [-0.05, 0) is 36.2 Å². The van der Waals surface area contributed by atoms with Gasteiger partial charge in [0.15, 0.2) is 11.5 Å². The lowest BCUT2D eigenvalue weighted by Gasteiger charge is -2.28. The summed E-state index contributed by atoms with van der Waals surface area (Å²) >= 11 is 0. The first kappa shape index (κ1) is 19.0. The standard InChI is InChI=1S/C20H25N3O4/c1-25-17-5-4-16(14-18(17)26-2)22-20(24)6-3-15-7-8-21-19(13-15)23-9-11-27-12-10-23/h4-5,7-8,13-14H,3,6,9-12H2,1-2H3,(H,22,24). The summed E-state index contributed by atoms with van der Waals surface area (Å²) in [6.45, 7) is 3.13. The van der Waals surface area contributed by atoms with Gasteiger partial charge < -0.3 is 24.4 Å². The Hall–Kier alpha value is -2.80. The van der Waals surface area contributed by atoms with Crippen LogP contribution in [0.5, 0.6) is 11.5 Å². The number of aryl methyl sites for hydroxylation is 1. The fourth-order valence-electron chi connectivity index (χ4n) is 2.98. The number of carbonyl (C=O) groups excluding carboxylic acids is 1. The summed E-state index contributed by atoms with van der Waals surface area (Å²) in [6.07, 6.45) is 2.84. The van der Waals surface area contributed by atoms with Crippen molar-refractivity contribution in [2.45, 2.75) is 12.8 Å². The van der Waals surface area contributed by atoms with Crippen LogP contribution in [0.15, 0.2) is 36.5 Å². The fourth-order valence-corrected chi connectivity index (χ4v) is 2.98. The smallest absolute Gasteiger partial charge is 0.224 e. The first-order valence-corrected chi connectivity index (χ1v) is 8.99. The zero-order valence-electron chi connectivity index (χ0n) is 15.7. The zero-order valence-corrected chi connectivity index (χ0v) is 15.7. The Morgan fingerprint density at radius 2 is 1.93 bits per heavy atom. The van der Waals surface area contributed by atoms with Crippen molar-refractivity contribution in [3.05, 3.63) is 42.1 Å². The number of hydrogen-bond donors (Lipinski definition) is 1. The van der Waals surface area contributed by atoms with Gasteiger partial charge >= 0.3 is 0 Å². The summed E-state index contributed by atoms with van der Waals surface area (Å²) in [4.78, 5) is 18.9. The van der Waals surface area contributed by atoms with E-state index in [0.717, 1.165) is 37.7 Å². The second-order valence-corrected chi connectivity index (χ2v) is 6.24. The van der Waals surface area contributed by atoms with Crippen molar-refractivity contribution in [2.75, 3.05) is 50.7 Å². The number of nitrogens with one attached hydrogen (secondary N) is 1. The SMILES string of the molecule is COc1ccc(NC(=O)CCc2ccnc(N3CCOCC3)c2)cc1OC. The molecule has 144 valence electrons. The van der Waals surface area contributed by atoms with E-state index in [1.54, 1.807) is 38.6 Å². The molecule has 0 unspecified atom stereocenters. The number of benzene rings is 1. The molecule has 1 aromatic heterocycles. The minimum atomic E-state index is -0.0491. The molecule has 7 nitrogen and oxygen atoms in total. The Bertz CT molecular complexity index is 776. The molecule has 3 rings (SSSR count). The Kier molecular flexibility index (Phi) is 6.49. The van der Waals surface area contributed by atoms with Gasteiger partial charge in [-0.25, -0.2) is 4.98 Å². The van der Waals surface area contributed by atoms with Gasteiger partial charge in [0.05, 0.1) is 27.4 Å². The number of pyridine rings is 1. The van der Waals surface area contributed by atoms with E-state index < -0.39 is 0 Å². The number of ether oxygens (including phenoxy) is 3. The molecule has 0 saturated carbocycles. The van der Waals surface area contributed by atoms with E-state index in [-0.39, 0.29) is 5.91 Å². The van der Waals surface area contributed by atoms with Crippen LogP contribution in [0.1, 0.15) is 12.0 Å². The number of morpholine rings is 1. The lowest BCUT2D eigenvalue weighted by Crippen LogP contribution is -2.36. The average Bonchev–Trinajstić information content (AvgIpc) is 2.73. The minimum Gasteiger partial charge on any atom is -0.493 e. The van der Waals surface area contributed by atoms with E-state index >= 15 is 0 Å². The largest absolute Gasteiger partial charge is 0.493 e. The Morgan fingerprint density at radius 1 is 1.15 bits per heavy atom. The van der Waals surface area contributed by atoms with Gasteiger partial charge in [0, 0.05) is 37.5 Å². The molecule has 1 aliphatic heterocycles. The molecule has 2 aromatic rings. The first-order valence-electron chi connectivity index (χ1n) is 8.99. The monoisotopic (exact) mass is 371 g/mol. The van der Waals surface area contributed by atoms with E-state index in [2.05, 4.69) is 21.3 Å². The average molecular weight is 371 g/mol. The first-order chi connectivity index (χ1) is 13.2. The molecule has 1 amide bonds. The molecule has 0 spiro atoms. The van der Waals surface area contributed by atoms with Gasteiger partial charge in [-0.15, -0.1) is 0 Å². The van der Waals surface area contributed by atoms with Crippen LogP contribution >= 0.6 is 0 Å². The molecule has 1 aromatic carbocycles. The summed E-state index contributed by atoms with van der Waals surface area (Å²) in [7, 11) is 3.15. The van der Waals surface area contributed by atoms with Crippen LogP contribution in [0.3, 0.4) is 0 Å². The molecule has 1 fully saturated rings. The molecule has 1 aliphatic rings. The normalized spacial score (nSPS) is 13.9. The maximum Gasteiger partial charge on any atom is 0.224 e. The summed E-state index contributed by atoms with van der Waals surface area (Å²) < 4.78 is 15.8. The fraction of sp³-hybridized carbons (Fsp3) is 0.400. The predicted octanol–water partition coefficient (Wildman–Crippen LogP) is 2.51. The molecule has 0 radical (unpaired) electrons. The highest BCUT2D eigenvalue weighted by molar-refractivity contribution is 5.91. The molecule has 0 aliphatic carbocycles. The molecule has 27 heavy (non-hydrogen) atoms. The number of nitrogens with zero attached hydrogens (tertiary/aromatic N) is 2. The van der Waals surface area contributed by atoms with Gasteiger partial charge in [0.25, 0.3) is 0 Å². The summed E-state index contributed by atoms with van der Waals surface area (Å²) in [5.41, 5.74) is 1.77. The van der Waals surface area contributed by atoms with E-state index in [0.29, 0.717) is 30.0 Å². The van der Waals surface area contributed by atoms with E-state index in [9.17, 15) is 4.79 Å². The topological polar surface area (TPSA) is 72.9 Å². The van der Waals surface area contributed by atoms with Gasteiger partial charge in [0.1, 0.15) is 5.82 Å². The number of aromatic nitrogens is 1. The molecular weight excluding hydrogens is 346 g/mol. The van der Waals surface area contributed by atoms with Crippen LogP contribution in [0.4, 0.5) is 11.5 Å². The highest BCUT2D eigenvalue weighted by atomic mass is 16.5. The Morgan fingerprint density at radius 3 is 2.67 bits per heavy atom. The van der Waals surface area contributed by atoms with Crippen molar-refractivity contribution in [1.82, 2.24) is 4.98 Å². The summed E-state index contributed by atoms with van der Waals surface area (Å²) in [6, 6.07) is 9.32. The minimum absolute atomic E-state index is 0.0491. The number of anilines is 2. The zero-order chi connectivity index (χ0) is 19.1. The van der Waals surface area contributed by atoms with Crippen molar-refractivity contribution < 1.29 is 19.0 Å². The number of rotatable bonds is 7. The molecule has 2 heterocycles. The highest BCUT2D eigenvalue weighted by Gasteiger charge is 2.13. The van der Waals surface area contributed by atoms with Gasteiger partial charge in [-0.1, -0.05) is 0 Å². The Labute approximate surface area is 159 Å². The van der Waals surface area contributed by atoms with Crippen LogP contribution in [-0.4, -0.2) is 51.4 Å². The van der Waals surface area contributed by atoms with Crippen LogP contribution in [-0.2, 0) is 16.0 Å². The number of carbonyl (C=O) groups is 1. The van der Waals surface area contributed by atoms with E-state index in [1.165, 1.54) is 0 Å². The van der Waals surface area contributed by atoms with Gasteiger partial charge in [-0.2, -0.15) is 0 Å². The molecule has 1 saturated heterocycles. The van der Waals surface area contributed by atoms with Gasteiger partial charge in [-0.3, -0.25) is 4.79 Å². The Balaban J connectivity index is 1.56. The lowest BCUT2D eigenvalue weighted by molar-refractivity contribution is -0.116. The second kappa shape index (κ2) is 9.23. The third-order valence-electron chi connectivity index (χ3n) is 4.45. The number of methoxy groups -OCH3 is 2. The molecule has 7 heteroatoms. The van der Waals surface area contributed by atoms with Crippen molar-refractivity contribution in [3.8, 4) is 11.5 Å². The highest BCUT2D eigenvalue weighted by Crippen LogP contribution is 2.29. The molecule has 0 bridgehead atoms. The third kappa shape index (κ3) is 5.10. The predicted molar refractivity (Wildman–Crippen MR) is 104 cm³/mol. The van der Waals surface area contributed by atoms with Gasteiger partial charge in [0.2, 0.25) is 5.91 Å². The van der Waals surface area contributed by atoms with Crippen molar-refractivity contribution in [3.63, 3.8) is 0 Å². The molecule has 0 atom stereocenters. The van der Waals surface area contributed by atoms with E-state index in [4.69, 9.17) is 14.2 Å².